The Labute approximate surface area is 102 Å². The van der Waals surface area contributed by atoms with E-state index in [9.17, 15) is 0 Å². The Morgan fingerprint density at radius 1 is 1.29 bits per heavy atom. The lowest BCUT2D eigenvalue weighted by Gasteiger charge is -2.19. The average molecular weight is 229 g/mol. The van der Waals surface area contributed by atoms with Gasteiger partial charge in [0.15, 0.2) is 0 Å². The molecule has 3 heteroatoms. The summed E-state index contributed by atoms with van der Waals surface area (Å²) in [6.45, 7) is 6.68. The molecule has 1 aromatic carbocycles. The first-order valence-electron chi connectivity index (χ1n) is 5.83. The first-order chi connectivity index (χ1) is 7.96. The summed E-state index contributed by atoms with van der Waals surface area (Å²) in [5.74, 6) is 0. The van der Waals surface area contributed by atoms with Gasteiger partial charge in [-0.3, -0.25) is 0 Å². The molecular weight excluding hydrogens is 210 g/mol. The monoisotopic (exact) mass is 229 g/mol. The van der Waals surface area contributed by atoms with Crippen molar-refractivity contribution in [1.82, 2.24) is 9.55 Å². The molecule has 3 nitrogen and oxygen atoms in total. The fraction of sp³-hybridized carbons (Fsp3) is 0.357. The molecule has 1 heterocycles. The number of hydrogen-bond donors (Lipinski definition) is 1. The van der Waals surface area contributed by atoms with Crippen molar-refractivity contribution in [2.75, 3.05) is 5.73 Å². The zero-order valence-electron chi connectivity index (χ0n) is 10.6. The molecule has 0 fully saturated rings. The van der Waals surface area contributed by atoms with Gasteiger partial charge in [0, 0.05) is 23.3 Å². The van der Waals surface area contributed by atoms with E-state index < -0.39 is 0 Å². The summed E-state index contributed by atoms with van der Waals surface area (Å²) in [5, 5.41) is 0. The number of benzene rings is 1. The molecule has 0 saturated heterocycles. The standard InChI is InChI=1S/C14H19N3/c1-14(2,3)8-13-9-16-10-17(13)12-6-4-5-11(15)7-12/h4-7,9-10H,8,15H2,1-3H3. The lowest BCUT2D eigenvalue weighted by molar-refractivity contribution is 0.404. The first kappa shape index (κ1) is 11.7. The summed E-state index contributed by atoms with van der Waals surface area (Å²) in [5.41, 5.74) is 9.11. The number of nitrogens with two attached hydrogens (primary N) is 1. The summed E-state index contributed by atoms with van der Waals surface area (Å²) in [6.07, 6.45) is 4.76. The number of nitrogen functional groups attached to an aromatic ring is 1. The maximum Gasteiger partial charge on any atom is 0.0994 e. The zero-order chi connectivity index (χ0) is 12.5. The molecular formula is C14H19N3. The van der Waals surface area contributed by atoms with Gasteiger partial charge in [-0.25, -0.2) is 4.98 Å². The first-order valence-corrected chi connectivity index (χ1v) is 5.83. The summed E-state index contributed by atoms with van der Waals surface area (Å²) in [7, 11) is 0. The van der Waals surface area contributed by atoms with Gasteiger partial charge in [-0.1, -0.05) is 26.8 Å². The third-order valence-electron chi connectivity index (χ3n) is 2.57. The molecule has 0 spiro atoms. The van der Waals surface area contributed by atoms with Crippen molar-refractivity contribution in [1.29, 1.82) is 0 Å². The second-order valence-electron chi connectivity index (χ2n) is 5.59. The molecule has 0 aliphatic carbocycles. The minimum Gasteiger partial charge on any atom is -0.399 e. The second kappa shape index (κ2) is 4.24. The quantitative estimate of drug-likeness (QED) is 0.804. The highest BCUT2D eigenvalue weighted by molar-refractivity contribution is 5.48. The Balaban J connectivity index is 2.37. The van der Waals surface area contributed by atoms with Gasteiger partial charge >= 0.3 is 0 Å². The smallest absolute Gasteiger partial charge is 0.0994 e. The SMILES string of the molecule is CC(C)(C)Cc1cncn1-c1cccc(N)c1. The van der Waals surface area contributed by atoms with Crippen LogP contribution < -0.4 is 5.73 Å². The van der Waals surface area contributed by atoms with E-state index in [4.69, 9.17) is 5.73 Å². The van der Waals surface area contributed by atoms with Crippen LogP contribution in [-0.4, -0.2) is 9.55 Å². The second-order valence-corrected chi connectivity index (χ2v) is 5.59. The van der Waals surface area contributed by atoms with Crippen LogP contribution in [0.4, 0.5) is 5.69 Å². The fourth-order valence-electron chi connectivity index (χ4n) is 1.90. The number of anilines is 1. The predicted molar refractivity (Wildman–Crippen MR) is 71.1 cm³/mol. The van der Waals surface area contributed by atoms with Crippen molar-refractivity contribution in [3.8, 4) is 5.69 Å². The van der Waals surface area contributed by atoms with Crippen LogP contribution in [0.5, 0.6) is 0 Å². The third-order valence-corrected chi connectivity index (χ3v) is 2.57. The largest absolute Gasteiger partial charge is 0.399 e. The van der Waals surface area contributed by atoms with Crippen LogP contribution >= 0.6 is 0 Å². The number of nitrogens with zero attached hydrogens (tertiary/aromatic N) is 2. The van der Waals surface area contributed by atoms with Gasteiger partial charge in [-0.15, -0.1) is 0 Å². The van der Waals surface area contributed by atoms with Crippen LogP contribution in [0.1, 0.15) is 26.5 Å². The van der Waals surface area contributed by atoms with Crippen molar-refractivity contribution >= 4 is 5.69 Å². The van der Waals surface area contributed by atoms with E-state index in [1.54, 1.807) is 0 Å². The van der Waals surface area contributed by atoms with Gasteiger partial charge in [-0.05, 0) is 30.0 Å². The van der Waals surface area contributed by atoms with E-state index in [0.29, 0.717) is 0 Å². The van der Waals surface area contributed by atoms with Gasteiger partial charge in [0.25, 0.3) is 0 Å². The number of imidazole rings is 1. The zero-order valence-corrected chi connectivity index (χ0v) is 10.6. The number of aromatic nitrogens is 2. The van der Waals surface area contributed by atoms with Crippen molar-refractivity contribution in [3.63, 3.8) is 0 Å². The van der Waals surface area contributed by atoms with E-state index in [1.807, 2.05) is 36.8 Å². The number of rotatable bonds is 2. The lowest BCUT2D eigenvalue weighted by Crippen LogP contribution is -2.12. The summed E-state index contributed by atoms with van der Waals surface area (Å²) in [4.78, 5) is 4.23. The topological polar surface area (TPSA) is 43.8 Å². The number of hydrogen-bond acceptors (Lipinski definition) is 2. The van der Waals surface area contributed by atoms with Gasteiger partial charge in [0.1, 0.15) is 0 Å². The molecule has 17 heavy (non-hydrogen) atoms. The Bertz CT molecular complexity index is 506. The van der Waals surface area contributed by atoms with Gasteiger partial charge in [0.2, 0.25) is 0 Å². The van der Waals surface area contributed by atoms with Crippen LogP contribution in [0.15, 0.2) is 36.8 Å². The molecule has 0 amide bonds. The van der Waals surface area contributed by atoms with Gasteiger partial charge in [-0.2, -0.15) is 0 Å². The van der Waals surface area contributed by atoms with Crippen molar-refractivity contribution in [2.24, 2.45) is 5.41 Å². The fourth-order valence-corrected chi connectivity index (χ4v) is 1.90. The molecule has 2 rings (SSSR count). The molecule has 0 radical (unpaired) electrons. The normalized spacial score (nSPS) is 11.7. The van der Waals surface area contributed by atoms with Crippen LogP contribution in [0, 0.1) is 5.41 Å². The molecule has 0 aliphatic rings. The van der Waals surface area contributed by atoms with Crippen molar-refractivity contribution < 1.29 is 0 Å². The summed E-state index contributed by atoms with van der Waals surface area (Å²) >= 11 is 0. The predicted octanol–water partition coefficient (Wildman–Crippen LogP) is 3.04. The maximum absolute atomic E-state index is 5.81. The Kier molecular flexibility index (Phi) is 2.92. The molecule has 0 aliphatic heterocycles. The molecule has 0 bridgehead atoms. The molecule has 0 atom stereocenters. The van der Waals surface area contributed by atoms with Gasteiger partial charge < -0.3 is 10.3 Å². The summed E-state index contributed by atoms with van der Waals surface area (Å²) in [6, 6.07) is 7.87. The van der Waals surface area contributed by atoms with Crippen LogP contribution in [-0.2, 0) is 6.42 Å². The molecule has 90 valence electrons. The Morgan fingerprint density at radius 2 is 2.06 bits per heavy atom. The molecule has 0 unspecified atom stereocenters. The van der Waals surface area contributed by atoms with Gasteiger partial charge in [0.05, 0.1) is 6.33 Å². The average Bonchev–Trinajstić information content (AvgIpc) is 2.63. The lowest BCUT2D eigenvalue weighted by atomic mass is 9.91. The van der Waals surface area contributed by atoms with E-state index in [1.165, 1.54) is 5.69 Å². The minimum atomic E-state index is 0.248. The van der Waals surface area contributed by atoms with Crippen molar-refractivity contribution in [3.05, 3.63) is 42.5 Å². The van der Waals surface area contributed by atoms with Crippen molar-refractivity contribution in [2.45, 2.75) is 27.2 Å². The van der Waals surface area contributed by atoms with E-state index in [2.05, 4.69) is 30.3 Å². The minimum absolute atomic E-state index is 0.248. The van der Waals surface area contributed by atoms with E-state index in [0.717, 1.165) is 17.8 Å². The molecule has 0 saturated carbocycles. The highest BCUT2D eigenvalue weighted by atomic mass is 15.0. The van der Waals surface area contributed by atoms with E-state index in [-0.39, 0.29) is 5.41 Å². The third kappa shape index (κ3) is 2.87. The highest BCUT2D eigenvalue weighted by Gasteiger charge is 2.15. The maximum atomic E-state index is 5.81. The van der Waals surface area contributed by atoms with Crippen LogP contribution in [0.2, 0.25) is 0 Å². The molecule has 2 aromatic rings. The molecule has 2 N–H and O–H groups in total. The molecule has 1 aromatic heterocycles. The Morgan fingerprint density at radius 3 is 2.71 bits per heavy atom. The van der Waals surface area contributed by atoms with Crippen LogP contribution in [0.25, 0.3) is 5.69 Å². The summed E-state index contributed by atoms with van der Waals surface area (Å²) < 4.78 is 2.10. The van der Waals surface area contributed by atoms with E-state index >= 15 is 0 Å². The van der Waals surface area contributed by atoms with Crippen LogP contribution in [0.3, 0.4) is 0 Å². The highest BCUT2D eigenvalue weighted by Crippen LogP contribution is 2.22. The Hall–Kier alpha value is -1.77.